The summed E-state index contributed by atoms with van der Waals surface area (Å²) < 4.78 is 14.1. The molecule has 0 aromatic heterocycles. The first-order valence-electron chi connectivity index (χ1n) is 13.6. The van der Waals surface area contributed by atoms with Crippen LogP contribution >= 0.6 is 0 Å². The number of aliphatic hydroxyl groups excluding tert-OH is 1. The quantitative estimate of drug-likeness (QED) is 0.160. The Labute approximate surface area is 243 Å². The highest BCUT2D eigenvalue weighted by molar-refractivity contribution is 5.97. The van der Waals surface area contributed by atoms with E-state index >= 15 is 0 Å². The molecule has 0 unspecified atom stereocenters. The highest BCUT2D eigenvalue weighted by Crippen LogP contribution is 2.29. The molecule has 2 atom stereocenters. The Morgan fingerprint density at radius 2 is 1.55 bits per heavy atom. The maximum atomic E-state index is 14.1. The predicted octanol–water partition coefficient (Wildman–Crippen LogP) is 3.03. The summed E-state index contributed by atoms with van der Waals surface area (Å²) in [5.74, 6) is 4.42. The smallest absolute Gasteiger partial charge is 0.268 e. The standard InChI is InChI=1S/C32H33FN4O5/c1-21(38)30(32(41)36-42)35-31(40)25-12-8-22(9-13-25)6-7-23-10-14-26(15-11-23)34-29(39)20-37-18-16-24(17-19-37)27-4-2-3-5-28(27)33/h2-5,8-15,21,24,30,38,42H,16-20H2,1H3,(H,34,39)(H,35,40)(H,36,41)/t21-,30+/m1/s1. The number of carbonyl (C=O) groups is 3. The Hall–Kier alpha value is -4.56. The molecule has 0 spiro atoms. The Bertz CT molecular complexity index is 1460. The van der Waals surface area contributed by atoms with E-state index in [9.17, 15) is 23.9 Å². The normalized spacial score (nSPS) is 15.0. The van der Waals surface area contributed by atoms with E-state index in [2.05, 4.69) is 27.4 Å². The zero-order valence-corrected chi connectivity index (χ0v) is 23.1. The van der Waals surface area contributed by atoms with Crippen molar-refractivity contribution in [1.29, 1.82) is 0 Å². The van der Waals surface area contributed by atoms with Crippen molar-refractivity contribution in [2.45, 2.75) is 37.8 Å². The lowest BCUT2D eigenvalue weighted by molar-refractivity contribution is -0.133. The minimum atomic E-state index is -1.31. The Morgan fingerprint density at radius 3 is 2.12 bits per heavy atom. The molecule has 3 aromatic rings. The number of piperidine rings is 1. The van der Waals surface area contributed by atoms with Gasteiger partial charge in [-0.05, 0) is 98.9 Å². The lowest BCUT2D eigenvalue weighted by Crippen LogP contribution is -2.51. The third kappa shape index (κ3) is 8.24. The first-order chi connectivity index (χ1) is 20.2. The fourth-order valence-electron chi connectivity index (χ4n) is 4.80. The number of hydrogen-bond acceptors (Lipinski definition) is 6. The van der Waals surface area contributed by atoms with Gasteiger partial charge in [0.1, 0.15) is 11.9 Å². The molecule has 1 aliphatic heterocycles. The highest BCUT2D eigenvalue weighted by atomic mass is 19.1. The fourth-order valence-corrected chi connectivity index (χ4v) is 4.80. The zero-order valence-electron chi connectivity index (χ0n) is 23.1. The minimum absolute atomic E-state index is 0.112. The summed E-state index contributed by atoms with van der Waals surface area (Å²) in [6.07, 6.45) is 0.413. The zero-order chi connectivity index (χ0) is 30.1. The van der Waals surface area contributed by atoms with Gasteiger partial charge in [0, 0.05) is 22.4 Å². The molecule has 1 saturated heterocycles. The van der Waals surface area contributed by atoms with E-state index in [-0.39, 0.29) is 29.8 Å². The number of hydroxylamine groups is 1. The van der Waals surface area contributed by atoms with Gasteiger partial charge in [0.25, 0.3) is 11.8 Å². The van der Waals surface area contributed by atoms with Crippen LogP contribution in [0.2, 0.25) is 0 Å². The molecule has 1 heterocycles. The number of anilines is 1. The van der Waals surface area contributed by atoms with Crippen LogP contribution < -0.4 is 16.1 Å². The average Bonchev–Trinajstić information content (AvgIpc) is 3.00. The third-order valence-corrected chi connectivity index (χ3v) is 7.13. The van der Waals surface area contributed by atoms with E-state index in [0.29, 0.717) is 11.3 Å². The van der Waals surface area contributed by atoms with Gasteiger partial charge in [0.15, 0.2) is 0 Å². The van der Waals surface area contributed by atoms with Crippen LogP contribution in [0.25, 0.3) is 0 Å². The van der Waals surface area contributed by atoms with Gasteiger partial charge in [-0.25, -0.2) is 9.87 Å². The summed E-state index contributed by atoms with van der Waals surface area (Å²) in [5, 5.41) is 23.7. The summed E-state index contributed by atoms with van der Waals surface area (Å²) in [4.78, 5) is 38.7. The number of benzene rings is 3. The SMILES string of the molecule is C[C@@H](O)[C@H](NC(=O)c1ccc(C#Cc2ccc(NC(=O)CN3CCC(c4ccccc4F)CC3)cc2)cc1)C(=O)NO. The van der Waals surface area contributed by atoms with Crippen molar-refractivity contribution in [3.05, 3.63) is 101 Å². The number of nitrogens with zero attached hydrogens (tertiary/aromatic N) is 1. The second-order valence-electron chi connectivity index (χ2n) is 10.2. The first kappa shape index (κ1) is 30.4. The van der Waals surface area contributed by atoms with E-state index in [1.165, 1.54) is 30.6 Å². The summed E-state index contributed by atoms with van der Waals surface area (Å²) in [6.45, 7) is 3.06. The number of halogens is 1. The van der Waals surface area contributed by atoms with Crippen molar-refractivity contribution < 1.29 is 29.1 Å². The van der Waals surface area contributed by atoms with Crippen LogP contribution in [0.5, 0.6) is 0 Å². The molecule has 0 radical (unpaired) electrons. The van der Waals surface area contributed by atoms with Crippen molar-refractivity contribution in [3.8, 4) is 11.8 Å². The summed E-state index contributed by atoms with van der Waals surface area (Å²) in [6, 6.07) is 19.1. The van der Waals surface area contributed by atoms with Crippen molar-refractivity contribution in [3.63, 3.8) is 0 Å². The second-order valence-corrected chi connectivity index (χ2v) is 10.2. The van der Waals surface area contributed by atoms with E-state index in [1.54, 1.807) is 42.5 Å². The number of hydrogen-bond donors (Lipinski definition) is 5. The molecule has 9 nitrogen and oxygen atoms in total. The molecule has 10 heteroatoms. The van der Waals surface area contributed by atoms with Gasteiger partial charge in [0.05, 0.1) is 12.6 Å². The predicted molar refractivity (Wildman–Crippen MR) is 155 cm³/mol. The van der Waals surface area contributed by atoms with E-state index in [4.69, 9.17) is 5.21 Å². The van der Waals surface area contributed by atoms with Crippen molar-refractivity contribution in [1.82, 2.24) is 15.7 Å². The summed E-state index contributed by atoms with van der Waals surface area (Å²) in [5.41, 5.74) is 4.48. The van der Waals surface area contributed by atoms with Crippen LogP contribution in [-0.4, -0.2) is 64.7 Å². The molecular formula is C32H33FN4O5. The molecular weight excluding hydrogens is 539 g/mol. The van der Waals surface area contributed by atoms with Gasteiger partial charge in [-0.2, -0.15) is 0 Å². The number of likely N-dealkylation sites (tertiary alicyclic amines) is 1. The van der Waals surface area contributed by atoms with E-state index in [1.807, 2.05) is 12.1 Å². The molecule has 5 N–H and O–H groups in total. The van der Waals surface area contributed by atoms with Gasteiger partial charge in [-0.1, -0.05) is 30.0 Å². The lowest BCUT2D eigenvalue weighted by atomic mass is 9.89. The van der Waals surface area contributed by atoms with Gasteiger partial charge in [-0.3, -0.25) is 24.5 Å². The molecule has 0 bridgehead atoms. The maximum Gasteiger partial charge on any atom is 0.268 e. The molecule has 1 aliphatic rings. The van der Waals surface area contributed by atoms with Crippen LogP contribution in [-0.2, 0) is 9.59 Å². The summed E-state index contributed by atoms with van der Waals surface area (Å²) in [7, 11) is 0. The van der Waals surface area contributed by atoms with Crippen LogP contribution in [0.1, 0.15) is 52.7 Å². The van der Waals surface area contributed by atoms with Gasteiger partial charge >= 0.3 is 0 Å². The molecule has 1 fully saturated rings. The van der Waals surface area contributed by atoms with Gasteiger partial charge in [-0.15, -0.1) is 0 Å². The molecule has 0 aliphatic carbocycles. The number of nitrogens with one attached hydrogen (secondary N) is 3. The molecule has 42 heavy (non-hydrogen) atoms. The van der Waals surface area contributed by atoms with Gasteiger partial charge in [0.2, 0.25) is 5.91 Å². The topological polar surface area (TPSA) is 131 Å². The van der Waals surface area contributed by atoms with Crippen molar-refractivity contribution in [2.75, 3.05) is 25.0 Å². The Morgan fingerprint density at radius 1 is 0.952 bits per heavy atom. The highest BCUT2D eigenvalue weighted by Gasteiger charge is 2.26. The average molecular weight is 573 g/mol. The van der Waals surface area contributed by atoms with E-state index in [0.717, 1.165) is 37.1 Å². The summed E-state index contributed by atoms with van der Waals surface area (Å²) >= 11 is 0. The van der Waals surface area contributed by atoms with Crippen molar-refractivity contribution >= 4 is 23.4 Å². The van der Waals surface area contributed by atoms with Crippen LogP contribution in [0, 0.1) is 17.7 Å². The van der Waals surface area contributed by atoms with Crippen molar-refractivity contribution in [2.24, 2.45) is 0 Å². The number of rotatable bonds is 8. The maximum absolute atomic E-state index is 14.1. The van der Waals surface area contributed by atoms with Crippen LogP contribution in [0.15, 0.2) is 72.8 Å². The van der Waals surface area contributed by atoms with Crippen LogP contribution in [0.4, 0.5) is 10.1 Å². The van der Waals surface area contributed by atoms with Gasteiger partial charge < -0.3 is 15.7 Å². The molecule has 218 valence electrons. The third-order valence-electron chi connectivity index (χ3n) is 7.13. The first-order valence-corrected chi connectivity index (χ1v) is 13.6. The lowest BCUT2D eigenvalue weighted by Gasteiger charge is -2.31. The largest absolute Gasteiger partial charge is 0.391 e. The molecule has 4 rings (SSSR count). The Kier molecular flexibility index (Phi) is 10.4. The fraction of sp³-hybridized carbons (Fsp3) is 0.281. The number of carbonyl (C=O) groups excluding carboxylic acids is 3. The number of amides is 3. The number of aliphatic hydroxyl groups is 1. The second kappa shape index (κ2) is 14.4. The molecule has 0 saturated carbocycles. The molecule has 3 aromatic carbocycles. The van der Waals surface area contributed by atoms with Crippen LogP contribution in [0.3, 0.4) is 0 Å². The monoisotopic (exact) mass is 572 g/mol. The molecule has 3 amide bonds. The van der Waals surface area contributed by atoms with E-state index < -0.39 is 24.0 Å². The minimum Gasteiger partial charge on any atom is -0.391 e. The Balaban J connectivity index is 1.25.